The zero-order valence-electron chi connectivity index (χ0n) is 10.6. The van der Waals surface area contributed by atoms with E-state index in [1.807, 2.05) is 6.92 Å². The predicted molar refractivity (Wildman–Crippen MR) is 70.0 cm³/mol. The maximum Gasteiger partial charge on any atom is 0.179 e. The number of carbonyl (C=O) groups is 1. The van der Waals surface area contributed by atoms with Crippen LogP contribution >= 0.6 is 11.6 Å². The summed E-state index contributed by atoms with van der Waals surface area (Å²) in [4.78, 5) is 10.7. The molecule has 0 atom stereocenters. The van der Waals surface area contributed by atoms with Gasteiger partial charge in [-0.15, -0.1) is 0 Å². The van der Waals surface area contributed by atoms with Crippen molar-refractivity contribution in [1.29, 1.82) is 0 Å². The van der Waals surface area contributed by atoms with Gasteiger partial charge in [-0.2, -0.15) is 0 Å². The van der Waals surface area contributed by atoms with Crippen LogP contribution in [0.15, 0.2) is 12.1 Å². The van der Waals surface area contributed by atoms with Crippen LogP contribution in [0, 0.1) is 0 Å². The molecule has 0 amide bonds. The molecule has 0 fully saturated rings. The molecule has 0 spiro atoms. The van der Waals surface area contributed by atoms with E-state index in [0.717, 1.165) is 6.42 Å². The van der Waals surface area contributed by atoms with Gasteiger partial charge < -0.3 is 14.2 Å². The number of aldehydes is 1. The van der Waals surface area contributed by atoms with Gasteiger partial charge in [-0.3, -0.25) is 4.79 Å². The van der Waals surface area contributed by atoms with Crippen molar-refractivity contribution in [3.63, 3.8) is 0 Å². The minimum Gasteiger partial charge on any atom is -0.493 e. The number of halogens is 1. The van der Waals surface area contributed by atoms with Crippen LogP contribution in [0.5, 0.6) is 11.5 Å². The van der Waals surface area contributed by atoms with Crippen LogP contribution in [0.3, 0.4) is 0 Å². The SMILES string of the molecule is CCOCCCOc1c(Cl)cc(C=O)cc1OC. The third-order valence-corrected chi connectivity index (χ3v) is 2.55. The van der Waals surface area contributed by atoms with Crippen molar-refractivity contribution >= 4 is 17.9 Å². The Kier molecular flexibility index (Phi) is 6.54. The largest absolute Gasteiger partial charge is 0.493 e. The topological polar surface area (TPSA) is 44.8 Å². The summed E-state index contributed by atoms with van der Waals surface area (Å²) in [5.41, 5.74) is 0.457. The number of carbonyl (C=O) groups excluding carboxylic acids is 1. The molecular formula is C13H17ClO4. The predicted octanol–water partition coefficient (Wildman–Crippen LogP) is 2.97. The van der Waals surface area contributed by atoms with Crippen molar-refractivity contribution in [1.82, 2.24) is 0 Å². The van der Waals surface area contributed by atoms with E-state index in [4.69, 9.17) is 25.8 Å². The lowest BCUT2D eigenvalue weighted by molar-refractivity contribution is 0.112. The quantitative estimate of drug-likeness (QED) is 0.539. The first-order valence-corrected chi connectivity index (χ1v) is 6.14. The molecule has 1 aromatic carbocycles. The first kappa shape index (κ1) is 14.8. The van der Waals surface area contributed by atoms with E-state index in [0.29, 0.717) is 48.2 Å². The van der Waals surface area contributed by atoms with Gasteiger partial charge in [-0.05, 0) is 19.1 Å². The summed E-state index contributed by atoms with van der Waals surface area (Å²) in [6.45, 7) is 3.76. The Morgan fingerprint density at radius 1 is 1.33 bits per heavy atom. The van der Waals surface area contributed by atoms with Gasteiger partial charge in [0.05, 0.1) is 18.7 Å². The standard InChI is InChI=1S/C13H17ClO4/c1-3-17-5-4-6-18-13-11(14)7-10(9-15)8-12(13)16-2/h7-9H,3-6H2,1-2H3. The van der Waals surface area contributed by atoms with Crippen molar-refractivity contribution in [3.05, 3.63) is 22.7 Å². The van der Waals surface area contributed by atoms with Gasteiger partial charge in [-0.25, -0.2) is 0 Å². The minimum absolute atomic E-state index is 0.368. The van der Waals surface area contributed by atoms with Crippen LogP contribution in [0.2, 0.25) is 5.02 Å². The molecule has 1 aromatic rings. The van der Waals surface area contributed by atoms with Crippen molar-refractivity contribution in [3.8, 4) is 11.5 Å². The fourth-order valence-electron chi connectivity index (χ4n) is 1.43. The third-order valence-electron chi connectivity index (χ3n) is 2.27. The summed E-state index contributed by atoms with van der Waals surface area (Å²) < 4.78 is 15.9. The summed E-state index contributed by atoms with van der Waals surface area (Å²) in [7, 11) is 1.51. The molecule has 4 nitrogen and oxygen atoms in total. The van der Waals surface area contributed by atoms with Gasteiger partial charge in [0.2, 0.25) is 0 Å². The van der Waals surface area contributed by atoms with Crippen LogP contribution in [0.25, 0.3) is 0 Å². The number of methoxy groups -OCH3 is 1. The van der Waals surface area contributed by atoms with Gasteiger partial charge in [0.15, 0.2) is 11.5 Å². The van der Waals surface area contributed by atoms with Crippen LogP contribution in [0.1, 0.15) is 23.7 Å². The molecule has 0 aliphatic rings. The van der Waals surface area contributed by atoms with E-state index < -0.39 is 0 Å². The average molecular weight is 273 g/mol. The molecule has 18 heavy (non-hydrogen) atoms. The highest BCUT2D eigenvalue weighted by molar-refractivity contribution is 6.32. The Labute approximate surface area is 112 Å². The van der Waals surface area contributed by atoms with E-state index in [-0.39, 0.29) is 0 Å². The van der Waals surface area contributed by atoms with Crippen molar-refractivity contribution in [2.75, 3.05) is 26.9 Å². The van der Waals surface area contributed by atoms with E-state index >= 15 is 0 Å². The zero-order valence-corrected chi connectivity index (χ0v) is 11.3. The molecule has 0 heterocycles. The van der Waals surface area contributed by atoms with Crippen molar-refractivity contribution < 1.29 is 19.0 Å². The number of benzene rings is 1. The lowest BCUT2D eigenvalue weighted by Gasteiger charge is -2.12. The maximum atomic E-state index is 10.7. The van der Waals surface area contributed by atoms with Gasteiger partial charge >= 0.3 is 0 Å². The maximum absolute atomic E-state index is 10.7. The monoisotopic (exact) mass is 272 g/mol. The molecule has 0 aromatic heterocycles. The fourth-order valence-corrected chi connectivity index (χ4v) is 1.70. The Balaban J connectivity index is 2.66. The molecule has 0 saturated carbocycles. The molecular weight excluding hydrogens is 256 g/mol. The van der Waals surface area contributed by atoms with E-state index in [1.165, 1.54) is 7.11 Å². The molecule has 0 bridgehead atoms. The highest BCUT2D eigenvalue weighted by Crippen LogP contribution is 2.36. The van der Waals surface area contributed by atoms with Crippen LogP contribution < -0.4 is 9.47 Å². The molecule has 0 unspecified atom stereocenters. The molecule has 0 aliphatic carbocycles. The third kappa shape index (κ3) is 4.20. The van der Waals surface area contributed by atoms with Gasteiger partial charge in [0, 0.05) is 25.2 Å². The van der Waals surface area contributed by atoms with Crippen molar-refractivity contribution in [2.45, 2.75) is 13.3 Å². The first-order chi connectivity index (χ1) is 8.72. The van der Waals surface area contributed by atoms with Gasteiger partial charge in [0.25, 0.3) is 0 Å². The highest BCUT2D eigenvalue weighted by atomic mass is 35.5. The molecule has 0 saturated heterocycles. The average Bonchev–Trinajstić information content (AvgIpc) is 2.39. The Morgan fingerprint density at radius 2 is 2.11 bits per heavy atom. The van der Waals surface area contributed by atoms with Crippen LogP contribution in [-0.2, 0) is 4.74 Å². The molecule has 0 aliphatic heterocycles. The summed E-state index contributed by atoms with van der Waals surface area (Å²) in [6, 6.07) is 3.14. The van der Waals surface area contributed by atoms with Gasteiger partial charge in [0.1, 0.15) is 6.29 Å². The van der Waals surface area contributed by atoms with Gasteiger partial charge in [-0.1, -0.05) is 11.6 Å². The molecule has 5 heteroatoms. The molecule has 0 N–H and O–H groups in total. The van der Waals surface area contributed by atoms with E-state index in [1.54, 1.807) is 12.1 Å². The second-order valence-corrected chi connectivity index (χ2v) is 3.96. The Hall–Kier alpha value is -1.26. The Morgan fingerprint density at radius 3 is 2.72 bits per heavy atom. The second-order valence-electron chi connectivity index (χ2n) is 3.55. The molecule has 100 valence electrons. The summed E-state index contributed by atoms with van der Waals surface area (Å²) in [6.07, 6.45) is 1.48. The fraction of sp³-hybridized carbons (Fsp3) is 0.462. The van der Waals surface area contributed by atoms with E-state index in [2.05, 4.69) is 0 Å². The zero-order chi connectivity index (χ0) is 13.4. The number of hydrogen-bond acceptors (Lipinski definition) is 4. The van der Waals surface area contributed by atoms with Crippen LogP contribution in [0.4, 0.5) is 0 Å². The molecule has 0 radical (unpaired) electrons. The number of rotatable bonds is 8. The van der Waals surface area contributed by atoms with E-state index in [9.17, 15) is 4.79 Å². The summed E-state index contributed by atoms with van der Waals surface area (Å²) in [5, 5.41) is 0.368. The van der Waals surface area contributed by atoms with Crippen LogP contribution in [-0.4, -0.2) is 33.2 Å². The van der Waals surface area contributed by atoms with Crippen molar-refractivity contribution in [2.24, 2.45) is 0 Å². The number of ether oxygens (including phenoxy) is 3. The second kappa shape index (κ2) is 7.95. The smallest absolute Gasteiger partial charge is 0.179 e. The lowest BCUT2D eigenvalue weighted by atomic mass is 10.2. The first-order valence-electron chi connectivity index (χ1n) is 5.76. The normalized spacial score (nSPS) is 10.2. The highest BCUT2D eigenvalue weighted by Gasteiger charge is 2.11. The Bertz CT molecular complexity index is 393. The lowest BCUT2D eigenvalue weighted by Crippen LogP contribution is -2.04. The summed E-state index contributed by atoms with van der Waals surface area (Å²) in [5.74, 6) is 0.919. The minimum atomic E-state index is 0.368. The summed E-state index contributed by atoms with van der Waals surface area (Å²) >= 11 is 6.04. The number of hydrogen-bond donors (Lipinski definition) is 0. The molecule has 1 rings (SSSR count).